The zero-order valence-corrected chi connectivity index (χ0v) is 23.9. The molecule has 40 heavy (non-hydrogen) atoms. The highest BCUT2D eigenvalue weighted by Crippen LogP contribution is 2.23. The summed E-state index contributed by atoms with van der Waals surface area (Å²) >= 11 is 0. The van der Waals surface area contributed by atoms with Gasteiger partial charge in [0.1, 0.15) is 12.4 Å². The van der Waals surface area contributed by atoms with Crippen molar-refractivity contribution in [3.8, 4) is 5.75 Å². The van der Waals surface area contributed by atoms with E-state index in [-0.39, 0.29) is 17.9 Å². The van der Waals surface area contributed by atoms with Gasteiger partial charge in [0.25, 0.3) is 5.91 Å². The van der Waals surface area contributed by atoms with E-state index in [0.717, 1.165) is 42.4 Å². The second-order valence-corrected chi connectivity index (χ2v) is 10.5. The van der Waals surface area contributed by atoms with Crippen LogP contribution in [0.1, 0.15) is 52.7 Å². The van der Waals surface area contributed by atoms with E-state index in [9.17, 15) is 9.59 Å². The number of fused-ring (bicyclic) bond motifs is 1. The van der Waals surface area contributed by atoms with Crippen LogP contribution in [0.25, 0.3) is 0 Å². The Morgan fingerprint density at radius 3 is 2.38 bits per heavy atom. The first kappa shape index (κ1) is 29.3. The highest BCUT2D eigenvalue weighted by Gasteiger charge is 2.27. The van der Waals surface area contributed by atoms with Gasteiger partial charge in [-0.05, 0) is 55.0 Å². The first-order valence-corrected chi connectivity index (χ1v) is 14.4. The average Bonchev–Trinajstić information content (AvgIpc) is 2.97. The van der Waals surface area contributed by atoms with Gasteiger partial charge in [-0.3, -0.25) is 9.59 Å². The maximum atomic E-state index is 13.9. The third-order valence-electron chi connectivity index (χ3n) is 7.66. The molecule has 3 aromatic carbocycles. The molecule has 0 aromatic heterocycles. The molecule has 0 bridgehead atoms. The summed E-state index contributed by atoms with van der Waals surface area (Å²) < 4.78 is 11.7. The Hall–Kier alpha value is -3.64. The van der Waals surface area contributed by atoms with E-state index in [2.05, 4.69) is 25.1 Å². The first-order valence-electron chi connectivity index (χ1n) is 14.4. The fourth-order valence-electron chi connectivity index (χ4n) is 5.31. The van der Waals surface area contributed by atoms with Crippen LogP contribution in [-0.2, 0) is 22.4 Å². The van der Waals surface area contributed by atoms with Crippen LogP contribution < -0.4 is 4.74 Å². The highest BCUT2D eigenvalue weighted by molar-refractivity contribution is 5.97. The molecule has 0 fully saturated rings. The number of amides is 2. The van der Waals surface area contributed by atoms with Crippen molar-refractivity contribution in [1.82, 2.24) is 9.80 Å². The van der Waals surface area contributed by atoms with Gasteiger partial charge in [-0.1, -0.05) is 79.6 Å². The van der Waals surface area contributed by atoms with Gasteiger partial charge in [0.2, 0.25) is 5.91 Å². The van der Waals surface area contributed by atoms with E-state index in [4.69, 9.17) is 9.47 Å². The molecule has 0 aliphatic carbocycles. The Morgan fingerprint density at radius 2 is 1.60 bits per heavy atom. The number of hydrogen-bond donors (Lipinski definition) is 0. The van der Waals surface area contributed by atoms with Crippen molar-refractivity contribution in [2.75, 3.05) is 40.0 Å². The molecule has 6 nitrogen and oxygen atoms in total. The lowest BCUT2D eigenvalue weighted by Gasteiger charge is -2.33. The molecule has 1 heterocycles. The Labute approximate surface area is 238 Å². The van der Waals surface area contributed by atoms with Gasteiger partial charge < -0.3 is 19.3 Å². The third-order valence-corrected chi connectivity index (χ3v) is 7.66. The van der Waals surface area contributed by atoms with Gasteiger partial charge >= 0.3 is 0 Å². The predicted molar refractivity (Wildman–Crippen MR) is 159 cm³/mol. The minimum atomic E-state index is -0.172. The Morgan fingerprint density at radius 1 is 0.900 bits per heavy atom. The molecule has 1 atom stereocenters. The van der Waals surface area contributed by atoms with Crippen LogP contribution >= 0.6 is 0 Å². The van der Waals surface area contributed by atoms with Crippen LogP contribution in [-0.4, -0.2) is 67.6 Å². The smallest absolute Gasteiger partial charge is 0.257 e. The molecule has 4 rings (SSSR count). The molecule has 2 amide bonds. The Kier molecular flexibility index (Phi) is 11.2. The quantitative estimate of drug-likeness (QED) is 0.383. The number of carbonyl (C=O) groups excluding carboxylic acids is 2. The lowest BCUT2D eigenvalue weighted by Crippen LogP contribution is -2.46. The normalized spacial score (nSPS) is 17.1. The molecule has 0 saturated carbocycles. The second kappa shape index (κ2) is 15.2. The summed E-state index contributed by atoms with van der Waals surface area (Å²) in [6, 6.07) is 25.6. The SMILES string of the molecule is COCCN1CCCCCCN(C(=O)Cc2ccccc2C)[C@@H](Cc2ccccc2)COc2ccccc2C1=O. The van der Waals surface area contributed by atoms with Crippen LogP contribution in [0.5, 0.6) is 5.75 Å². The van der Waals surface area contributed by atoms with E-state index in [1.165, 1.54) is 0 Å². The molecule has 1 aliphatic rings. The number of benzene rings is 3. The largest absolute Gasteiger partial charge is 0.491 e. The molecule has 0 spiro atoms. The zero-order chi connectivity index (χ0) is 28.2. The number of methoxy groups -OCH3 is 1. The van der Waals surface area contributed by atoms with Crippen molar-refractivity contribution in [2.24, 2.45) is 0 Å². The molecule has 3 aromatic rings. The van der Waals surface area contributed by atoms with Crippen molar-refractivity contribution in [3.05, 3.63) is 101 Å². The fraction of sp³-hybridized carbons (Fsp3) is 0.412. The standard InChI is InChI=1S/C34H42N2O4/c1-27-14-8-9-17-29(27)25-33(37)36-21-13-4-3-12-20-35(22-23-39-2)34(38)31-18-10-11-19-32(31)40-26-30(36)24-28-15-6-5-7-16-28/h5-11,14-19,30H,3-4,12-13,20-26H2,1-2H3/t30-/m0/s1. The number of hydrogen-bond acceptors (Lipinski definition) is 4. The zero-order valence-electron chi connectivity index (χ0n) is 23.9. The van der Waals surface area contributed by atoms with Crippen LogP contribution in [0.15, 0.2) is 78.9 Å². The maximum absolute atomic E-state index is 13.9. The van der Waals surface area contributed by atoms with Crippen LogP contribution in [0.2, 0.25) is 0 Å². The minimum absolute atomic E-state index is 0.0446. The number of para-hydroxylation sites is 1. The predicted octanol–water partition coefficient (Wildman–Crippen LogP) is 5.72. The lowest BCUT2D eigenvalue weighted by molar-refractivity contribution is -0.133. The molecule has 0 N–H and O–H groups in total. The fourth-order valence-corrected chi connectivity index (χ4v) is 5.31. The summed E-state index contributed by atoms with van der Waals surface area (Å²) in [6.07, 6.45) is 4.85. The molecular weight excluding hydrogens is 500 g/mol. The summed E-state index contributed by atoms with van der Waals surface area (Å²) in [5.74, 6) is 0.620. The molecule has 1 aliphatic heterocycles. The number of nitrogens with zero attached hydrogens (tertiary/aromatic N) is 2. The number of rotatable bonds is 7. The average molecular weight is 543 g/mol. The molecular formula is C34H42N2O4. The maximum Gasteiger partial charge on any atom is 0.257 e. The van der Waals surface area contributed by atoms with Crippen molar-refractivity contribution in [2.45, 2.75) is 51.5 Å². The van der Waals surface area contributed by atoms with E-state index in [1.807, 2.05) is 70.5 Å². The molecule has 0 saturated heterocycles. The van der Waals surface area contributed by atoms with Crippen molar-refractivity contribution in [1.29, 1.82) is 0 Å². The second-order valence-electron chi connectivity index (χ2n) is 10.5. The van der Waals surface area contributed by atoms with Gasteiger partial charge in [-0.15, -0.1) is 0 Å². The summed E-state index contributed by atoms with van der Waals surface area (Å²) in [4.78, 5) is 31.4. The summed E-state index contributed by atoms with van der Waals surface area (Å²) in [6.45, 7) is 4.74. The van der Waals surface area contributed by atoms with Crippen molar-refractivity contribution in [3.63, 3.8) is 0 Å². The summed E-state index contributed by atoms with van der Waals surface area (Å²) in [5, 5.41) is 0. The van der Waals surface area contributed by atoms with Gasteiger partial charge in [0, 0.05) is 26.7 Å². The highest BCUT2D eigenvalue weighted by atomic mass is 16.5. The Balaban J connectivity index is 1.64. The third kappa shape index (κ3) is 8.18. The summed E-state index contributed by atoms with van der Waals surface area (Å²) in [7, 11) is 1.66. The van der Waals surface area contributed by atoms with Gasteiger partial charge in [-0.25, -0.2) is 0 Å². The monoisotopic (exact) mass is 542 g/mol. The van der Waals surface area contributed by atoms with Crippen molar-refractivity contribution < 1.29 is 19.1 Å². The number of ether oxygens (including phenoxy) is 2. The first-order chi connectivity index (χ1) is 19.6. The van der Waals surface area contributed by atoms with Gasteiger partial charge in [0.05, 0.1) is 24.6 Å². The van der Waals surface area contributed by atoms with Gasteiger partial charge in [0.15, 0.2) is 0 Å². The van der Waals surface area contributed by atoms with Crippen LogP contribution in [0.3, 0.4) is 0 Å². The number of aryl methyl sites for hydroxylation is 1. The Bertz CT molecular complexity index is 1230. The lowest BCUT2D eigenvalue weighted by atomic mass is 10.0. The topological polar surface area (TPSA) is 59.1 Å². The molecule has 212 valence electrons. The van der Waals surface area contributed by atoms with E-state index in [0.29, 0.717) is 57.0 Å². The van der Waals surface area contributed by atoms with Crippen LogP contribution in [0, 0.1) is 6.92 Å². The van der Waals surface area contributed by atoms with E-state index in [1.54, 1.807) is 7.11 Å². The van der Waals surface area contributed by atoms with Gasteiger partial charge in [-0.2, -0.15) is 0 Å². The molecule has 0 radical (unpaired) electrons. The minimum Gasteiger partial charge on any atom is -0.491 e. The molecule has 6 heteroatoms. The molecule has 0 unspecified atom stereocenters. The van der Waals surface area contributed by atoms with Crippen molar-refractivity contribution >= 4 is 11.8 Å². The number of carbonyl (C=O) groups is 2. The van der Waals surface area contributed by atoms with Crippen LogP contribution in [0.4, 0.5) is 0 Å². The summed E-state index contributed by atoms with van der Waals surface area (Å²) in [5.41, 5.74) is 3.88. The van der Waals surface area contributed by atoms with E-state index < -0.39 is 0 Å². The van der Waals surface area contributed by atoms with E-state index >= 15 is 0 Å².